The lowest BCUT2D eigenvalue weighted by molar-refractivity contribution is -0.137. The number of hydrogen-bond acceptors (Lipinski definition) is 2. The van der Waals surface area contributed by atoms with Crippen LogP contribution in [0.2, 0.25) is 0 Å². The second-order valence-corrected chi connectivity index (χ2v) is 5.97. The third-order valence-corrected chi connectivity index (χ3v) is 4.87. The van der Waals surface area contributed by atoms with E-state index in [0.29, 0.717) is 17.4 Å². The largest absolute Gasteiger partial charge is 0.466 e. The molecule has 0 radical (unpaired) electrons. The highest BCUT2D eigenvalue weighted by atomic mass is 16.5. The fourth-order valence-electron chi connectivity index (χ4n) is 3.74. The number of methoxy groups -OCH3 is 1. The van der Waals surface area contributed by atoms with Crippen molar-refractivity contribution in [2.75, 3.05) is 7.11 Å². The summed E-state index contributed by atoms with van der Waals surface area (Å²) >= 11 is 0. The Bertz CT molecular complexity index is 381. The third kappa shape index (κ3) is 2.38. The van der Waals surface area contributed by atoms with Gasteiger partial charge in [0.05, 0.1) is 7.11 Å². The minimum Gasteiger partial charge on any atom is -0.466 e. The van der Waals surface area contributed by atoms with Gasteiger partial charge in [0.1, 0.15) is 0 Å². The van der Waals surface area contributed by atoms with E-state index in [-0.39, 0.29) is 11.9 Å². The van der Waals surface area contributed by atoms with Crippen LogP contribution >= 0.6 is 0 Å². The van der Waals surface area contributed by atoms with E-state index in [4.69, 9.17) is 4.74 Å². The van der Waals surface area contributed by atoms with Crippen molar-refractivity contribution in [2.24, 2.45) is 23.7 Å². The molecule has 1 saturated carbocycles. The SMILES string of the molecule is C=C(C(=O)OC)[C@H]1CC[C@@H](C)[C@@H]2CCC(C)=C[C@@H]21. The summed E-state index contributed by atoms with van der Waals surface area (Å²) in [4.78, 5) is 11.7. The van der Waals surface area contributed by atoms with Crippen LogP contribution in [0, 0.1) is 23.7 Å². The van der Waals surface area contributed by atoms with Crippen LogP contribution < -0.4 is 0 Å². The highest BCUT2D eigenvalue weighted by Crippen LogP contribution is 2.47. The molecule has 2 aliphatic carbocycles. The molecule has 2 rings (SSSR count). The van der Waals surface area contributed by atoms with Crippen molar-refractivity contribution in [2.45, 2.75) is 39.5 Å². The van der Waals surface area contributed by atoms with Crippen molar-refractivity contribution in [3.63, 3.8) is 0 Å². The fraction of sp³-hybridized carbons (Fsp3) is 0.688. The Labute approximate surface area is 110 Å². The van der Waals surface area contributed by atoms with E-state index < -0.39 is 0 Å². The Morgan fingerprint density at radius 1 is 1.39 bits per heavy atom. The molecule has 0 aliphatic heterocycles. The quantitative estimate of drug-likeness (QED) is 0.423. The molecular formula is C16H24O2. The summed E-state index contributed by atoms with van der Waals surface area (Å²) in [6.45, 7) is 8.54. The first kappa shape index (κ1) is 13.4. The molecule has 0 spiro atoms. The summed E-state index contributed by atoms with van der Waals surface area (Å²) in [5, 5.41) is 0. The minimum absolute atomic E-state index is 0.232. The van der Waals surface area contributed by atoms with Crippen LogP contribution in [0.4, 0.5) is 0 Å². The Kier molecular flexibility index (Phi) is 3.94. The average Bonchev–Trinajstić information content (AvgIpc) is 2.37. The Morgan fingerprint density at radius 3 is 2.78 bits per heavy atom. The molecule has 0 N–H and O–H groups in total. The third-order valence-electron chi connectivity index (χ3n) is 4.87. The van der Waals surface area contributed by atoms with Crippen LogP contribution in [-0.2, 0) is 9.53 Å². The van der Waals surface area contributed by atoms with Gasteiger partial charge in [0.2, 0.25) is 0 Å². The number of esters is 1. The Balaban J connectivity index is 2.23. The molecule has 0 aromatic carbocycles. The van der Waals surface area contributed by atoms with Crippen molar-refractivity contribution in [1.82, 2.24) is 0 Å². The molecule has 2 heteroatoms. The van der Waals surface area contributed by atoms with Gasteiger partial charge < -0.3 is 4.74 Å². The topological polar surface area (TPSA) is 26.3 Å². The molecule has 0 bridgehead atoms. The van der Waals surface area contributed by atoms with Gasteiger partial charge in [-0.2, -0.15) is 0 Å². The normalized spacial score (nSPS) is 35.4. The molecule has 100 valence electrons. The van der Waals surface area contributed by atoms with Crippen LogP contribution in [0.5, 0.6) is 0 Å². The zero-order valence-corrected chi connectivity index (χ0v) is 11.7. The van der Waals surface area contributed by atoms with Crippen LogP contribution in [0.25, 0.3) is 0 Å². The monoisotopic (exact) mass is 248 g/mol. The van der Waals surface area contributed by atoms with Crippen LogP contribution in [0.3, 0.4) is 0 Å². The van der Waals surface area contributed by atoms with Crippen molar-refractivity contribution in [1.29, 1.82) is 0 Å². The van der Waals surface area contributed by atoms with E-state index in [2.05, 4.69) is 26.5 Å². The number of carbonyl (C=O) groups is 1. The molecule has 1 fully saturated rings. The first-order valence-electron chi connectivity index (χ1n) is 6.99. The molecule has 18 heavy (non-hydrogen) atoms. The summed E-state index contributed by atoms with van der Waals surface area (Å²) in [6, 6.07) is 0. The summed E-state index contributed by atoms with van der Waals surface area (Å²) in [5.74, 6) is 2.03. The Morgan fingerprint density at radius 2 is 2.11 bits per heavy atom. The summed E-state index contributed by atoms with van der Waals surface area (Å²) in [5.41, 5.74) is 2.14. The first-order valence-corrected chi connectivity index (χ1v) is 6.99. The summed E-state index contributed by atoms with van der Waals surface area (Å²) in [6.07, 6.45) is 7.14. The summed E-state index contributed by atoms with van der Waals surface area (Å²) in [7, 11) is 1.44. The molecular weight excluding hydrogens is 224 g/mol. The molecule has 0 aromatic heterocycles. The van der Waals surface area contributed by atoms with Gasteiger partial charge in [0.25, 0.3) is 0 Å². The zero-order valence-electron chi connectivity index (χ0n) is 11.7. The maximum atomic E-state index is 11.7. The molecule has 0 saturated heterocycles. The van der Waals surface area contributed by atoms with Crippen molar-refractivity contribution >= 4 is 5.97 Å². The highest BCUT2D eigenvalue weighted by molar-refractivity contribution is 5.88. The van der Waals surface area contributed by atoms with E-state index >= 15 is 0 Å². The maximum Gasteiger partial charge on any atom is 0.333 e. The smallest absolute Gasteiger partial charge is 0.333 e. The highest BCUT2D eigenvalue weighted by Gasteiger charge is 2.40. The van der Waals surface area contributed by atoms with E-state index in [1.165, 1.54) is 31.9 Å². The van der Waals surface area contributed by atoms with Crippen molar-refractivity contribution in [3.8, 4) is 0 Å². The molecule has 0 aromatic rings. The zero-order chi connectivity index (χ0) is 13.3. The second-order valence-electron chi connectivity index (χ2n) is 5.97. The van der Waals surface area contributed by atoms with Crippen molar-refractivity contribution in [3.05, 3.63) is 23.8 Å². The van der Waals surface area contributed by atoms with Gasteiger partial charge >= 0.3 is 5.97 Å². The lowest BCUT2D eigenvalue weighted by atomic mass is 9.61. The predicted molar refractivity (Wildman–Crippen MR) is 73.0 cm³/mol. The van der Waals surface area contributed by atoms with Crippen molar-refractivity contribution < 1.29 is 9.53 Å². The molecule has 4 atom stereocenters. The number of carbonyl (C=O) groups excluding carboxylic acids is 1. The van der Waals surface area contributed by atoms with Crippen LogP contribution in [-0.4, -0.2) is 13.1 Å². The van der Waals surface area contributed by atoms with E-state index in [1.54, 1.807) is 0 Å². The second kappa shape index (κ2) is 5.29. The minimum atomic E-state index is -0.232. The lowest BCUT2D eigenvalue weighted by Gasteiger charge is -2.43. The maximum absolute atomic E-state index is 11.7. The van der Waals surface area contributed by atoms with Gasteiger partial charge in [-0.05, 0) is 56.3 Å². The Hall–Kier alpha value is -1.05. The summed E-state index contributed by atoms with van der Waals surface area (Å²) < 4.78 is 4.84. The van der Waals surface area contributed by atoms with Gasteiger partial charge in [0, 0.05) is 5.57 Å². The number of fused-ring (bicyclic) bond motifs is 1. The number of hydrogen-bond donors (Lipinski definition) is 0. The van der Waals surface area contributed by atoms with E-state index in [1.807, 2.05) is 0 Å². The molecule has 2 nitrogen and oxygen atoms in total. The number of allylic oxidation sites excluding steroid dienone is 2. The van der Waals surface area contributed by atoms with Gasteiger partial charge in [-0.3, -0.25) is 0 Å². The molecule has 0 heterocycles. The van der Waals surface area contributed by atoms with E-state index in [0.717, 1.165) is 12.3 Å². The lowest BCUT2D eigenvalue weighted by Crippen LogP contribution is -2.36. The number of rotatable bonds is 2. The van der Waals surface area contributed by atoms with Gasteiger partial charge in [-0.1, -0.05) is 25.2 Å². The first-order chi connectivity index (χ1) is 8.54. The molecule has 0 unspecified atom stereocenters. The molecule has 2 aliphatic rings. The van der Waals surface area contributed by atoms with Crippen LogP contribution in [0.1, 0.15) is 39.5 Å². The number of ether oxygens (including phenoxy) is 1. The molecule has 0 amide bonds. The standard InChI is InChI=1S/C16H24O2/c1-10-5-7-13-11(2)6-8-14(15(13)9-10)12(3)16(17)18-4/h9,11,13-15H,3,5-8H2,1-2,4H3/t11-,13+,14-,15+/m1/s1. The van der Waals surface area contributed by atoms with Gasteiger partial charge in [-0.15, -0.1) is 0 Å². The average molecular weight is 248 g/mol. The fourth-order valence-corrected chi connectivity index (χ4v) is 3.74. The van der Waals surface area contributed by atoms with Crippen LogP contribution in [0.15, 0.2) is 23.8 Å². The van der Waals surface area contributed by atoms with E-state index in [9.17, 15) is 4.79 Å². The van der Waals surface area contributed by atoms with Gasteiger partial charge in [0.15, 0.2) is 0 Å². The van der Waals surface area contributed by atoms with Gasteiger partial charge in [-0.25, -0.2) is 4.79 Å². The predicted octanol–water partition coefficient (Wildman–Crippen LogP) is 3.73.